The Morgan fingerprint density at radius 1 is 1.06 bits per heavy atom. The van der Waals surface area contributed by atoms with Gasteiger partial charge in [-0.25, -0.2) is 4.79 Å². The monoisotopic (exact) mass is 470 g/mol. The van der Waals surface area contributed by atoms with Crippen LogP contribution >= 0.6 is 0 Å². The third-order valence-electron chi connectivity index (χ3n) is 5.06. The van der Waals surface area contributed by atoms with Crippen LogP contribution in [0.15, 0.2) is 12.2 Å². The van der Waals surface area contributed by atoms with E-state index in [2.05, 4.69) is 6.58 Å². The first-order valence-electron chi connectivity index (χ1n) is 9.71. The van der Waals surface area contributed by atoms with E-state index in [1.807, 2.05) is 0 Å². The minimum absolute atomic E-state index is 0.0300. The maximum absolute atomic E-state index is 11.7. The summed E-state index contributed by atoms with van der Waals surface area (Å²) in [5.74, 6) is -3.32. The lowest BCUT2D eigenvalue weighted by Crippen LogP contribution is -2.69. The summed E-state index contributed by atoms with van der Waals surface area (Å²) >= 11 is 0. The number of aliphatic hydroxyl groups excluding tert-OH is 8. The molecule has 2 aliphatic rings. The van der Waals surface area contributed by atoms with Crippen molar-refractivity contribution in [1.82, 2.24) is 0 Å². The molecule has 2 fully saturated rings. The summed E-state index contributed by atoms with van der Waals surface area (Å²) < 4.78 is 25.9. The van der Waals surface area contributed by atoms with Crippen molar-refractivity contribution in [2.24, 2.45) is 0 Å². The highest BCUT2D eigenvalue weighted by Crippen LogP contribution is 2.35. The summed E-state index contributed by atoms with van der Waals surface area (Å²) in [6, 6.07) is 0. The largest absolute Gasteiger partial charge is 0.433 e. The predicted octanol–water partition coefficient (Wildman–Crippen LogP) is -4.59. The van der Waals surface area contributed by atoms with Crippen molar-refractivity contribution in [3.63, 3.8) is 0 Å². The summed E-state index contributed by atoms with van der Waals surface area (Å²) in [4.78, 5) is 11.7. The van der Waals surface area contributed by atoms with Gasteiger partial charge in [0.15, 0.2) is 12.6 Å². The molecule has 0 saturated carbocycles. The van der Waals surface area contributed by atoms with Gasteiger partial charge in [0.25, 0.3) is 0 Å². The van der Waals surface area contributed by atoms with Gasteiger partial charge in [0, 0.05) is 5.57 Å². The zero-order valence-electron chi connectivity index (χ0n) is 17.4. The summed E-state index contributed by atoms with van der Waals surface area (Å²) in [5, 5.41) is 79.8. The Hall–Kier alpha value is -1.27. The predicted molar refractivity (Wildman–Crippen MR) is 99.0 cm³/mol. The third kappa shape index (κ3) is 5.44. The number of carbonyl (C=O) groups excluding carboxylic acids is 1. The van der Waals surface area contributed by atoms with Crippen molar-refractivity contribution in [3.05, 3.63) is 12.2 Å². The van der Waals surface area contributed by atoms with E-state index in [0.29, 0.717) is 0 Å². The Morgan fingerprint density at radius 3 is 2.22 bits per heavy atom. The molecule has 8 N–H and O–H groups in total. The minimum atomic E-state index is -2.47. The molecule has 0 aromatic carbocycles. The summed E-state index contributed by atoms with van der Waals surface area (Å²) in [7, 11) is 0. The van der Waals surface area contributed by atoms with Crippen LogP contribution in [-0.4, -0.2) is 127 Å². The first kappa shape index (κ1) is 27.0. The first-order valence-corrected chi connectivity index (χ1v) is 9.71. The number of rotatable bonds is 8. The van der Waals surface area contributed by atoms with Crippen LogP contribution in [0, 0.1) is 0 Å². The lowest BCUT2D eigenvalue weighted by atomic mass is 9.95. The molecule has 11 atom stereocenters. The van der Waals surface area contributed by atoms with Gasteiger partial charge < -0.3 is 64.5 Å². The Morgan fingerprint density at radius 2 is 1.69 bits per heavy atom. The lowest BCUT2D eigenvalue weighted by Gasteiger charge is -2.49. The van der Waals surface area contributed by atoms with Crippen LogP contribution in [0.1, 0.15) is 13.8 Å². The van der Waals surface area contributed by atoms with Gasteiger partial charge in [0.1, 0.15) is 49.3 Å². The Bertz CT molecular complexity index is 658. The molecule has 14 heteroatoms. The van der Waals surface area contributed by atoms with E-state index in [9.17, 15) is 45.6 Å². The average Bonchev–Trinajstić information content (AvgIpc) is 2.75. The number of ether oxygens (including phenoxy) is 5. The van der Waals surface area contributed by atoms with Crippen LogP contribution in [-0.2, 0) is 28.5 Å². The Kier molecular flexibility index (Phi) is 9.08. The van der Waals surface area contributed by atoms with Crippen molar-refractivity contribution >= 4 is 5.97 Å². The fourth-order valence-electron chi connectivity index (χ4n) is 3.26. The van der Waals surface area contributed by atoms with Gasteiger partial charge in [-0.1, -0.05) is 6.58 Å². The van der Waals surface area contributed by atoms with Crippen LogP contribution in [0.4, 0.5) is 0 Å². The number of carbonyl (C=O) groups is 1. The van der Waals surface area contributed by atoms with Gasteiger partial charge >= 0.3 is 5.97 Å². The fourth-order valence-corrected chi connectivity index (χ4v) is 3.26. The van der Waals surface area contributed by atoms with Crippen LogP contribution in [0.2, 0.25) is 0 Å². The van der Waals surface area contributed by atoms with E-state index in [0.717, 1.165) is 0 Å². The summed E-state index contributed by atoms with van der Waals surface area (Å²) in [6.45, 7) is 4.09. The second-order valence-corrected chi connectivity index (χ2v) is 7.58. The molecule has 2 heterocycles. The molecule has 2 saturated heterocycles. The molecular formula is C18H30O14. The van der Waals surface area contributed by atoms with Crippen LogP contribution in [0.5, 0.6) is 0 Å². The molecule has 0 bridgehead atoms. The maximum atomic E-state index is 11.7. The van der Waals surface area contributed by atoms with Crippen LogP contribution in [0.3, 0.4) is 0 Å². The minimum Gasteiger partial charge on any atom is -0.433 e. The van der Waals surface area contributed by atoms with E-state index in [1.54, 1.807) is 0 Å². The molecule has 32 heavy (non-hydrogen) atoms. The normalized spacial score (nSPS) is 43.5. The van der Waals surface area contributed by atoms with Gasteiger partial charge in [-0.05, 0) is 13.8 Å². The van der Waals surface area contributed by atoms with E-state index >= 15 is 0 Å². The molecule has 2 rings (SSSR count). The molecule has 0 radical (unpaired) electrons. The molecule has 0 amide bonds. The maximum Gasteiger partial charge on any atom is 0.335 e. The van der Waals surface area contributed by atoms with Crippen molar-refractivity contribution in [1.29, 1.82) is 0 Å². The van der Waals surface area contributed by atoms with Gasteiger partial charge in [0.05, 0.1) is 6.61 Å². The fraction of sp³-hybridized carbons (Fsp3) is 0.833. The van der Waals surface area contributed by atoms with Crippen molar-refractivity contribution < 1.29 is 69.3 Å². The zero-order valence-corrected chi connectivity index (χ0v) is 17.4. The van der Waals surface area contributed by atoms with Crippen LogP contribution in [0.25, 0.3) is 0 Å². The number of hydrogen-bond donors (Lipinski definition) is 8. The molecule has 2 aliphatic heterocycles. The molecule has 0 spiro atoms. The molecule has 0 aromatic heterocycles. The van der Waals surface area contributed by atoms with Crippen LogP contribution < -0.4 is 0 Å². The van der Waals surface area contributed by atoms with Gasteiger partial charge in [-0.2, -0.15) is 0 Å². The quantitative estimate of drug-likeness (QED) is 0.0949. The third-order valence-corrected chi connectivity index (χ3v) is 5.06. The summed E-state index contributed by atoms with van der Waals surface area (Å²) in [6.07, 6.45) is -17.9. The highest BCUT2D eigenvalue weighted by Gasteiger charge is 2.57. The van der Waals surface area contributed by atoms with Gasteiger partial charge in [0.2, 0.25) is 12.1 Å². The van der Waals surface area contributed by atoms with Gasteiger partial charge in [-0.15, -0.1) is 0 Å². The van der Waals surface area contributed by atoms with E-state index < -0.39 is 86.6 Å². The van der Waals surface area contributed by atoms with E-state index in [1.165, 1.54) is 13.8 Å². The zero-order chi connectivity index (χ0) is 24.4. The highest BCUT2D eigenvalue weighted by atomic mass is 16.8. The molecule has 0 aromatic rings. The number of esters is 1. The van der Waals surface area contributed by atoms with E-state index in [4.69, 9.17) is 23.7 Å². The second kappa shape index (κ2) is 10.8. The topological polar surface area (TPSA) is 225 Å². The number of hydrogen-bond acceptors (Lipinski definition) is 14. The average molecular weight is 470 g/mol. The second-order valence-electron chi connectivity index (χ2n) is 7.58. The SMILES string of the molecule is C=C(C)C(=O)OC(C)O[C@]1(CO)O[C@H](O[C@H]2[C@H](O)[C@@H](O)[C@H](O)O[C@@H]2CO)[C@H](O)[C@H](O)[C@H]1O. The van der Waals surface area contributed by atoms with E-state index in [-0.39, 0.29) is 5.57 Å². The lowest BCUT2D eigenvalue weighted by molar-refractivity contribution is -0.439. The van der Waals surface area contributed by atoms with Crippen molar-refractivity contribution in [2.45, 2.75) is 81.2 Å². The standard InChI is InChI=1S/C18H30O14/c1-6(2)15(26)28-7(3)31-18(5-20)14(25)10(22)12(24)17(32-18)30-13-8(4-19)29-16(27)11(23)9(13)21/h7-14,16-17,19-25,27H,1,4-5H2,2-3H3/t7?,8-,9-,10+,11-,12-,13-,14-,16-,17+,18-/m1/s1. The molecular weight excluding hydrogens is 440 g/mol. The molecule has 0 aliphatic carbocycles. The van der Waals surface area contributed by atoms with Crippen molar-refractivity contribution in [2.75, 3.05) is 13.2 Å². The van der Waals surface area contributed by atoms with Gasteiger partial charge in [-0.3, -0.25) is 0 Å². The molecule has 186 valence electrons. The van der Waals surface area contributed by atoms with Crippen molar-refractivity contribution in [3.8, 4) is 0 Å². The molecule has 14 nitrogen and oxygen atoms in total. The smallest absolute Gasteiger partial charge is 0.335 e. The highest BCUT2D eigenvalue weighted by molar-refractivity contribution is 5.86. The number of aliphatic hydroxyl groups is 8. The Labute approximate surface area is 182 Å². The Balaban J connectivity index is 2.24. The molecule has 1 unspecified atom stereocenters. The first-order chi connectivity index (χ1) is 14.9. The summed E-state index contributed by atoms with van der Waals surface area (Å²) in [5.41, 5.74) is 0.0300.